The summed E-state index contributed by atoms with van der Waals surface area (Å²) in [7, 11) is -2.73. The van der Waals surface area contributed by atoms with Crippen LogP contribution in [0.1, 0.15) is 0 Å². The molecule has 0 fully saturated rings. The Kier molecular flexibility index (Phi) is 16.1. The standard InChI is InChI=1S/C64H56N2P4/c1-9-25-57(26-10-1)67(58-27-11-2-12-28-58)49-65(50-68(59-29-13-3-14-30-59)60-31-15-4-16-32-60)55-45-41-53(42-46-55)54-43-47-56(48-44-54)66(51-69(61-33-17-5-18-34-61)62-35-19-6-20-36-62)52-70(63-37-21-7-22-38-63)64-39-23-8-24-40-64/h1-48H,49-52H2. The topological polar surface area (TPSA) is 6.48 Å². The molecule has 0 heterocycles. The quantitative estimate of drug-likeness (QED) is 0.0745. The van der Waals surface area contributed by atoms with Crippen LogP contribution in [-0.2, 0) is 0 Å². The lowest BCUT2D eigenvalue weighted by Crippen LogP contribution is -2.32. The maximum atomic E-state index is 2.68. The maximum Gasteiger partial charge on any atom is 0.0463 e. The van der Waals surface area contributed by atoms with Gasteiger partial charge in [0.05, 0.1) is 0 Å². The van der Waals surface area contributed by atoms with Gasteiger partial charge in [0.2, 0.25) is 0 Å². The maximum absolute atomic E-state index is 2.68. The van der Waals surface area contributed by atoms with Crippen molar-refractivity contribution in [1.82, 2.24) is 0 Å². The lowest BCUT2D eigenvalue weighted by atomic mass is 10.0. The van der Waals surface area contributed by atoms with Crippen molar-refractivity contribution < 1.29 is 0 Å². The fourth-order valence-corrected chi connectivity index (χ4v) is 18.4. The van der Waals surface area contributed by atoms with Crippen LogP contribution < -0.4 is 52.2 Å². The second-order valence-electron chi connectivity index (χ2n) is 17.1. The first-order chi connectivity index (χ1) is 34.7. The highest BCUT2D eigenvalue weighted by Gasteiger charge is 2.26. The molecular weight excluding hydrogens is 921 g/mol. The SMILES string of the molecule is c1ccc(P(CN(CP(c2ccccc2)c2ccccc2)c2ccc(-c3ccc(N(CP(c4ccccc4)c4ccccc4)CP(c4ccccc4)c4ccccc4)cc3)cc2)c2ccccc2)cc1. The van der Waals surface area contributed by atoms with Gasteiger partial charge in [0.1, 0.15) is 0 Å². The predicted molar refractivity (Wildman–Crippen MR) is 313 cm³/mol. The van der Waals surface area contributed by atoms with E-state index in [9.17, 15) is 0 Å². The van der Waals surface area contributed by atoms with Crippen LogP contribution in [0.3, 0.4) is 0 Å². The van der Waals surface area contributed by atoms with Gasteiger partial charge in [-0.05, 0) is 110 Å². The van der Waals surface area contributed by atoms with Crippen LogP contribution in [0.15, 0.2) is 291 Å². The van der Waals surface area contributed by atoms with Crippen LogP contribution in [0.25, 0.3) is 11.1 Å². The van der Waals surface area contributed by atoms with Gasteiger partial charge in [-0.3, -0.25) is 0 Å². The minimum absolute atomic E-state index is 0.683. The Morgan fingerprint density at radius 1 is 0.186 bits per heavy atom. The van der Waals surface area contributed by atoms with E-state index in [1.807, 2.05) is 0 Å². The highest BCUT2D eigenvalue weighted by atomic mass is 31.1. The van der Waals surface area contributed by atoms with Gasteiger partial charge in [0.15, 0.2) is 0 Å². The second kappa shape index (κ2) is 23.9. The summed E-state index contributed by atoms with van der Waals surface area (Å²) in [6, 6.07) is 108. The van der Waals surface area contributed by atoms with Gasteiger partial charge in [0.25, 0.3) is 0 Å². The van der Waals surface area contributed by atoms with Gasteiger partial charge in [0, 0.05) is 36.5 Å². The first-order valence-electron chi connectivity index (χ1n) is 23.9. The van der Waals surface area contributed by atoms with Crippen molar-refractivity contribution in [3.63, 3.8) is 0 Å². The molecule has 0 N–H and O–H groups in total. The van der Waals surface area contributed by atoms with E-state index in [1.54, 1.807) is 0 Å². The molecule has 0 saturated heterocycles. The minimum Gasteiger partial charge on any atom is -0.362 e. The summed E-state index contributed by atoms with van der Waals surface area (Å²) in [6.07, 6.45) is 3.65. The molecule has 0 atom stereocenters. The van der Waals surface area contributed by atoms with Crippen molar-refractivity contribution >= 4 is 85.5 Å². The average molecular weight is 977 g/mol. The van der Waals surface area contributed by atoms with Crippen LogP contribution in [0.2, 0.25) is 0 Å². The van der Waals surface area contributed by atoms with Gasteiger partial charge < -0.3 is 9.80 Å². The van der Waals surface area contributed by atoms with Gasteiger partial charge >= 0.3 is 0 Å². The summed E-state index contributed by atoms with van der Waals surface area (Å²) in [5, 5.41) is 11.1. The molecule has 0 aliphatic heterocycles. The Hall–Kier alpha value is -6.48. The van der Waals surface area contributed by atoms with Crippen molar-refractivity contribution in [3.8, 4) is 11.1 Å². The van der Waals surface area contributed by atoms with Crippen molar-refractivity contribution in [2.45, 2.75) is 0 Å². The lowest BCUT2D eigenvalue weighted by Gasteiger charge is -2.34. The van der Waals surface area contributed by atoms with E-state index in [4.69, 9.17) is 0 Å². The van der Waals surface area contributed by atoms with Crippen molar-refractivity contribution in [2.75, 3.05) is 34.9 Å². The van der Waals surface area contributed by atoms with E-state index in [-0.39, 0.29) is 0 Å². The molecule has 6 heteroatoms. The van der Waals surface area contributed by atoms with E-state index in [0.29, 0.717) is 0 Å². The largest absolute Gasteiger partial charge is 0.362 e. The molecule has 0 aliphatic rings. The highest BCUT2D eigenvalue weighted by Crippen LogP contribution is 2.44. The van der Waals surface area contributed by atoms with Crippen LogP contribution in [0, 0.1) is 0 Å². The number of hydrogen-bond donors (Lipinski definition) is 0. The van der Waals surface area contributed by atoms with Crippen LogP contribution in [0.5, 0.6) is 0 Å². The molecule has 0 amide bonds. The molecule has 0 aromatic heterocycles. The Balaban J connectivity index is 0.995. The van der Waals surface area contributed by atoms with Gasteiger partial charge in [-0.25, -0.2) is 0 Å². The fourth-order valence-electron chi connectivity index (χ4n) is 8.94. The predicted octanol–water partition coefficient (Wildman–Crippen LogP) is 13.3. The fraction of sp³-hybridized carbons (Fsp3) is 0.0625. The molecule has 2 nitrogen and oxygen atoms in total. The van der Waals surface area contributed by atoms with E-state index < -0.39 is 31.7 Å². The average Bonchev–Trinajstić information content (AvgIpc) is 3.45. The van der Waals surface area contributed by atoms with Gasteiger partial charge in [-0.15, -0.1) is 0 Å². The number of nitrogens with zero attached hydrogens (tertiary/aromatic N) is 2. The molecule has 0 spiro atoms. The molecule has 342 valence electrons. The second-order valence-corrected chi connectivity index (χ2v) is 25.8. The summed E-state index contributed by atoms with van der Waals surface area (Å²) >= 11 is 0. The van der Waals surface area contributed by atoms with Crippen LogP contribution in [-0.4, -0.2) is 25.1 Å². The molecule has 0 radical (unpaired) electrons. The van der Waals surface area contributed by atoms with E-state index in [1.165, 1.54) is 64.9 Å². The third-order valence-corrected chi connectivity index (χ3v) is 22.5. The number of hydrogen-bond acceptors (Lipinski definition) is 2. The summed E-state index contributed by atoms with van der Waals surface area (Å²) in [5.41, 5.74) is 4.93. The molecule has 0 aliphatic carbocycles. The summed E-state index contributed by atoms with van der Waals surface area (Å²) in [6.45, 7) is 0. The first kappa shape index (κ1) is 47.2. The smallest absolute Gasteiger partial charge is 0.0463 e. The normalized spacial score (nSPS) is 11.3. The zero-order chi connectivity index (χ0) is 47.2. The molecular formula is C64H56N2P4. The molecule has 10 aromatic rings. The molecule has 0 unspecified atom stereocenters. The molecule has 0 saturated carbocycles. The first-order valence-corrected chi connectivity index (χ1v) is 30.1. The van der Waals surface area contributed by atoms with E-state index >= 15 is 0 Å². The Bertz CT molecular complexity index is 2540. The molecule has 10 aromatic carbocycles. The monoisotopic (exact) mass is 976 g/mol. The van der Waals surface area contributed by atoms with Crippen molar-refractivity contribution in [3.05, 3.63) is 291 Å². The zero-order valence-electron chi connectivity index (χ0n) is 39.2. The van der Waals surface area contributed by atoms with E-state index in [0.717, 1.165) is 25.1 Å². The minimum atomic E-state index is -0.683. The summed E-state index contributed by atoms with van der Waals surface area (Å²) in [4.78, 5) is 5.36. The third-order valence-electron chi connectivity index (χ3n) is 12.6. The third kappa shape index (κ3) is 11.9. The zero-order valence-corrected chi connectivity index (χ0v) is 42.8. The Morgan fingerprint density at radius 2 is 0.343 bits per heavy atom. The van der Waals surface area contributed by atoms with Crippen LogP contribution >= 0.6 is 31.7 Å². The van der Waals surface area contributed by atoms with Crippen LogP contribution in [0.4, 0.5) is 11.4 Å². The number of anilines is 2. The van der Waals surface area contributed by atoms with Gasteiger partial charge in [-0.2, -0.15) is 0 Å². The van der Waals surface area contributed by atoms with Gasteiger partial charge in [-0.1, -0.05) is 267 Å². The summed E-state index contributed by atoms with van der Waals surface area (Å²) < 4.78 is 0. The Labute approximate surface area is 420 Å². The molecule has 10 rings (SSSR count). The molecule has 0 bridgehead atoms. The lowest BCUT2D eigenvalue weighted by molar-refractivity contribution is 1.05. The Morgan fingerprint density at radius 3 is 0.500 bits per heavy atom. The van der Waals surface area contributed by atoms with Crippen molar-refractivity contribution in [1.29, 1.82) is 0 Å². The highest BCUT2D eigenvalue weighted by molar-refractivity contribution is 7.75. The van der Waals surface area contributed by atoms with E-state index in [2.05, 4.69) is 301 Å². The number of rotatable bonds is 19. The summed E-state index contributed by atoms with van der Waals surface area (Å²) in [5.74, 6) is 0. The van der Waals surface area contributed by atoms with Crippen molar-refractivity contribution in [2.24, 2.45) is 0 Å². The number of benzene rings is 10. The molecule has 70 heavy (non-hydrogen) atoms.